The highest BCUT2D eigenvalue weighted by Crippen LogP contribution is 2.33. The predicted molar refractivity (Wildman–Crippen MR) is 92.2 cm³/mol. The average molecular weight is 351 g/mol. The van der Waals surface area contributed by atoms with Crippen LogP contribution in [-0.2, 0) is 9.47 Å². The zero-order valence-corrected chi connectivity index (χ0v) is 15.4. The molecule has 2 aliphatic rings. The molecule has 0 aliphatic carbocycles. The van der Waals surface area contributed by atoms with Crippen molar-refractivity contribution < 1.29 is 19.4 Å². The zero-order valence-electron chi connectivity index (χ0n) is 15.4. The number of aliphatic hydroxyl groups is 1. The summed E-state index contributed by atoms with van der Waals surface area (Å²) < 4.78 is 13.1. The van der Waals surface area contributed by atoms with Crippen LogP contribution in [0.5, 0.6) is 0 Å². The molecule has 1 amide bonds. The Hall–Kier alpha value is -1.60. The van der Waals surface area contributed by atoms with Crippen molar-refractivity contribution in [2.75, 3.05) is 19.8 Å². The summed E-state index contributed by atoms with van der Waals surface area (Å²) in [5.74, 6) is 0.155. The Bertz CT molecular complexity index is 589. The number of nitrogens with zero attached hydrogens (tertiary/aromatic N) is 3. The van der Waals surface area contributed by atoms with Crippen LogP contribution in [0.4, 0.5) is 4.79 Å². The zero-order chi connectivity index (χ0) is 18.0. The maximum Gasteiger partial charge on any atom is 0.410 e. The van der Waals surface area contributed by atoms with E-state index >= 15 is 0 Å². The number of aliphatic hydroxyl groups excluding tert-OH is 1. The first-order valence-corrected chi connectivity index (χ1v) is 9.13. The Morgan fingerprint density at radius 2 is 2.24 bits per heavy atom. The molecule has 25 heavy (non-hydrogen) atoms. The van der Waals surface area contributed by atoms with Gasteiger partial charge in [-0.1, -0.05) is 0 Å². The van der Waals surface area contributed by atoms with Crippen LogP contribution in [-0.4, -0.2) is 57.3 Å². The number of likely N-dealkylation sites (tertiary alicyclic amines) is 1. The largest absolute Gasteiger partial charge is 0.444 e. The number of rotatable bonds is 3. The van der Waals surface area contributed by atoms with Gasteiger partial charge in [-0.05, 0) is 52.0 Å². The highest BCUT2D eigenvalue weighted by Gasteiger charge is 2.38. The lowest BCUT2D eigenvalue weighted by Gasteiger charge is -2.27. The number of carbonyl (C=O) groups excluding carboxylic acids is 1. The van der Waals surface area contributed by atoms with Crippen molar-refractivity contribution in [3.05, 3.63) is 18.0 Å². The Morgan fingerprint density at radius 1 is 1.44 bits per heavy atom. The smallest absolute Gasteiger partial charge is 0.410 e. The molecule has 0 radical (unpaired) electrons. The van der Waals surface area contributed by atoms with Gasteiger partial charge in [0.2, 0.25) is 0 Å². The van der Waals surface area contributed by atoms with E-state index in [9.17, 15) is 9.90 Å². The van der Waals surface area contributed by atoms with E-state index in [2.05, 4.69) is 5.10 Å². The van der Waals surface area contributed by atoms with Crippen LogP contribution in [0, 0.1) is 0 Å². The van der Waals surface area contributed by atoms with Gasteiger partial charge in [0.1, 0.15) is 11.8 Å². The topological polar surface area (TPSA) is 76.8 Å². The molecule has 2 fully saturated rings. The molecular weight excluding hydrogens is 322 g/mol. The second-order valence-electron chi connectivity index (χ2n) is 7.98. The lowest BCUT2D eigenvalue weighted by Crippen LogP contribution is -2.41. The summed E-state index contributed by atoms with van der Waals surface area (Å²) >= 11 is 0. The fourth-order valence-electron chi connectivity index (χ4n) is 3.53. The summed E-state index contributed by atoms with van der Waals surface area (Å²) in [5, 5.41) is 14.1. The molecule has 7 heteroatoms. The molecule has 3 rings (SSSR count). The van der Waals surface area contributed by atoms with Gasteiger partial charge in [0.05, 0.1) is 18.8 Å². The molecule has 3 heterocycles. The first-order chi connectivity index (χ1) is 11.9. The van der Waals surface area contributed by atoms with Crippen molar-refractivity contribution in [1.29, 1.82) is 0 Å². The fourth-order valence-corrected chi connectivity index (χ4v) is 3.53. The van der Waals surface area contributed by atoms with Crippen LogP contribution in [0.3, 0.4) is 0 Å². The average Bonchev–Trinajstić information content (AvgIpc) is 3.21. The Kier molecular flexibility index (Phi) is 5.34. The first kappa shape index (κ1) is 18.2. The first-order valence-electron chi connectivity index (χ1n) is 9.13. The van der Waals surface area contributed by atoms with Gasteiger partial charge in [-0.15, -0.1) is 0 Å². The summed E-state index contributed by atoms with van der Waals surface area (Å²) in [6, 6.07) is -0.214. The minimum absolute atomic E-state index is 0.0134. The molecule has 0 bridgehead atoms. The van der Waals surface area contributed by atoms with E-state index in [-0.39, 0.29) is 30.9 Å². The van der Waals surface area contributed by atoms with Gasteiger partial charge >= 0.3 is 6.09 Å². The molecule has 140 valence electrons. The quantitative estimate of drug-likeness (QED) is 0.906. The molecule has 0 aromatic carbocycles. The normalized spacial score (nSPS) is 27.5. The van der Waals surface area contributed by atoms with Crippen molar-refractivity contribution in [3.63, 3.8) is 0 Å². The lowest BCUT2D eigenvalue weighted by atomic mass is 10.00. The molecule has 1 aromatic heterocycles. The minimum atomic E-state index is -0.543. The van der Waals surface area contributed by atoms with Gasteiger partial charge in [0.15, 0.2) is 0 Å². The van der Waals surface area contributed by atoms with Gasteiger partial charge < -0.3 is 19.5 Å². The third-order valence-electron chi connectivity index (χ3n) is 4.80. The van der Waals surface area contributed by atoms with Crippen LogP contribution in [0.25, 0.3) is 0 Å². The highest BCUT2D eigenvalue weighted by molar-refractivity contribution is 5.69. The maximum atomic E-state index is 12.4. The monoisotopic (exact) mass is 351 g/mol. The standard InChI is InChI=1S/C18H29N3O4/c1-18(2,3)25-17(23)20-10-13(8-15(20)12-22)14-9-19-21(11-14)16-6-4-5-7-24-16/h9,11,13,15-16,22H,4-8,10,12H2,1-3H3/t13?,15-,16?/m1/s1. The SMILES string of the molecule is CC(C)(C)OC(=O)N1CC(c2cnn(C3CCCCO3)c2)C[C@@H]1CO. The van der Waals surface area contributed by atoms with Crippen LogP contribution < -0.4 is 0 Å². The third-order valence-corrected chi connectivity index (χ3v) is 4.80. The molecule has 7 nitrogen and oxygen atoms in total. The van der Waals surface area contributed by atoms with Crippen LogP contribution in [0.15, 0.2) is 12.4 Å². The van der Waals surface area contributed by atoms with E-state index in [0.29, 0.717) is 13.0 Å². The Labute approximate surface area is 148 Å². The van der Waals surface area contributed by atoms with Crippen molar-refractivity contribution in [2.45, 2.75) is 70.2 Å². The molecule has 1 N–H and O–H groups in total. The lowest BCUT2D eigenvalue weighted by molar-refractivity contribution is -0.0395. The van der Waals surface area contributed by atoms with Crippen LogP contribution in [0.2, 0.25) is 0 Å². The minimum Gasteiger partial charge on any atom is -0.444 e. The summed E-state index contributed by atoms with van der Waals surface area (Å²) in [5.41, 5.74) is 0.539. The molecule has 0 spiro atoms. The van der Waals surface area contributed by atoms with E-state index in [1.807, 2.05) is 37.8 Å². The number of ether oxygens (including phenoxy) is 2. The molecule has 2 saturated heterocycles. The van der Waals surface area contributed by atoms with Gasteiger partial charge in [-0.2, -0.15) is 5.10 Å². The summed E-state index contributed by atoms with van der Waals surface area (Å²) in [6.07, 6.45) is 7.49. The number of hydrogen-bond donors (Lipinski definition) is 1. The van der Waals surface area contributed by atoms with Crippen molar-refractivity contribution in [1.82, 2.24) is 14.7 Å². The Morgan fingerprint density at radius 3 is 2.88 bits per heavy atom. The summed E-state index contributed by atoms with van der Waals surface area (Å²) in [4.78, 5) is 14.1. The van der Waals surface area contributed by atoms with E-state index in [4.69, 9.17) is 9.47 Å². The van der Waals surface area contributed by atoms with Crippen molar-refractivity contribution in [2.24, 2.45) is 0 Å². The van der Waals surface area contributed by atoms with Crippen LogP contribution in [0.1, 0.15) is 64.2 Å². The highest BCUT2D eigenvalue weighted by atomic mass is 16.6. The predicted octanol–water partition coefficient (Wildman–Crippen LogP) is 2.67. The fraction of sp³-hybridized carbons (Fsp3) is 0.778. The maximum absolute atomic E-state index is 12.4. The molecule has 0 saturated carbocycles. The number of aromatic nitrogens is 2. The van der Waals surface area contributed by atoms with E-state index in [1.165, 1.54) is 0 Å². The Balaban J connectivity index is 1.67. The molecule has 1 aromatic rings. The summed E-state index contributed by atoms with van der Waals surface area (Å²) in [7, 11) is 0. The van der Waals surface area contributed by atoms with Crippen molar-refractivity contribution >= 4 is 6.09 Å². The second-order valence-corrected chi connectivity index (χ2v) is 7.98. The molecular formula is C18H29N3O4. The number of hydrogen-bond acceptors (Lipinski definition) is 5. The molecule has 2 aliphatic heterocycles. The van der Waals surface area contributed by atoms with Gasteiger partial charge in [-0.25, -0.2) is 9.48 Å². The second kappa shape index (κ2) is 7.33. The third kappa shape index (κ3) is 4.33. The van der Waals surface area contributed by atoms with Crippen LogP contribution >= 0.6 is 0 Å². The van der Waals surface area contributed by atoms with E-state index in [0.717, 1.165) is 31.4 Å². The number of carbonyl (C=O) groups is 1. The van der Waals surface area contributed by atoms with E-state index in [1.54, 1.807) is 4.90 Å². The molecule has 2 unspecified atom stereocenters. The number of amides is 1. The van der Waals surface area contributed by atoms with Gasteiger partial charge in [-0.3, -0.25) is 0 Å². The van der Waals surface area contributed by atoms with E-state index < -0.39 is 5.60 Å². The van der Waals surface area contributed by atoms with Gasteiger partial charge in [0, 0.05) is 25.3 Å². The van der Waals surface area contributed by atoms with Crippen molar-refractivity contribution in [3.8, 4) is 0 Å². The summed E-state index contributed by atoms with van der Waals surface area (Å²) in [6.45, 7) is 6.80. The van der Waals surface area contributed by atoms with Gasteiger partial charge in [0.25, 0.3) is 0 Å². The molecule has 3 atom stereocenters.